The fraction of sp³-hybridized carbons (Fsp3) is 0.278. The van der Waals surface area contributed by atoms with Gasteiger partial charge in [-0.15, -0.1) is 0 Å². The van der Waals surface area contributed by atoms with E-state index < -0.39 is 0 Å². The van der Waals surface area contributed by atoms with Crippen molar-refractivity contribution in [2.24, 2.45) is 0 Å². The standard InChI is InChI=1S/C18H18ClN5S/c19-16-10-13(6-9-21-16)15-11-22-18(25-15)24-17-3-1-2-14(23-17)12-4-7-20-8-5-12/h1-3,6,9-12,20H,4-5,7-8H2,(H,22,23,24). The molecular formula is C18H18ClN5S. The van der Waals surface area contributed by atoms with Crippen LogP contribution in [0.2, 0.25) is 5.15 Å². The number of halogens is 1. The zero-order chi connectivity index (χ0) is 17.1. The second-order valence-corrected chi connectivity index (χ2v) is 7.41. The summed E-state index contributed by atoms with van der Waals surface area (Å²) in [5, 5.41) is 8.02. The first-order valence-corrected chi connectivity index (χ1v) is 9.50. The maximum absolute atomic E-state index is 5.97. The summed E-state index contributed by atoms with van der Waals surface area (Å²) in [6.07, 6.45) is 5.82. The van der Waals surface area contributed by atoms with Crippen LogP contribution in [-0.4, -0.2) is 28.0 Å². The van der Waals surface area contributed by atoms with E-state index in [9.17, 15) is 0 Å². The molecule has 1 aliphatic heterocycles. The molecule has 0 saturated carbocycles. The van der Waals surface area contributed by atoms with Gasteiger partial charge in [-0.05, 0) is 55.8 Å². The van der Waals surface area contributed by atoms with Gasteiger partial charge in [-0.25, -0.2) is 15.0 Å². The van der Waals surface area contributed by atoms with Crippen LogP contribution in [0.15, 0.2) is 42.7 Å². The Hall–Kier alpha value is -2.02. The van der Waals surface area contributed by atoms with E-state index in [4.69, 9.17) is 16.6 Å². The second-order valence-electron chi connectivity index (χ2n) is 5.99. The topological polar surface area (TPSA) is 62.7 Å². The summed E-state index contributed by atoms with van der Waals surface area (Å²) in [7, 11) is 0. The number of nitrogens with zero attached hydrogens (tertiary/aromatic N) is 3. The molecule has 4 heterocycles. The van der Waals surface area contributed by atoms with Crippen LogP contribution in [0.3, 0.4) is 0 Å². The third-order valence-corrected chi connectivity index (χ3v) is 5.45. The third kappa shape index (κ3) is 3.98. The summed E-state index contributed by atoms with van der Waals surface area (Å²) in [6, 6.07) is 9.93. The van der Waals surface area contributed by atoms with E-state index in [0.29, 0.717) is 11.1 Å². The van der Waals surface area contributed by atoms with Crippen molar-refractivity contribution >= 4 is 33.9 Å². The predicted molar refractivity (Wildman–Crippen MR) is 103 cm³/mol. The molecule has 0 aliphatic carbocycles. The second kappa shape index (κ2) is 7.47. The predicted octanol–water partition coefficient (Wildman–Crippen LogP) is 4.46. The lowest BCUT2D eigenvalue weighted by atomic mass is 9.94. The maximum atomic E-state index is 5.97. The lowest BCUT2D eigenvalue weighted by molar-refractivity contribution is 0.453. The van der Waals surface area contributed by atoms with Gasteiger partial charge in [0.15, 0.2) is 5.13 Å². The van der Waals surface area contributed by atoms with E-state index in [0.717, 1.165) is 53.0 Å². The number of thiazole rings is 1. The summed E-state index contributed by atoms with van der Waals surface area (Å²) < 4.78 is 0. The van der Waals surface area contributed by atoms with Crippen LogP contribution in [0, 0.1) is 0 Å². The van der Waals surface area contributed by atoms with Crippen molar-refractivity contribution in [3.8, 4) is 10.4 Å². The van der Waals surface area contributed by atoms with Gasteiger partial charge in [0.05, 0.1) is 4.88 Å². The van der Waals surface area contributed by atoms with E-state index in [1.165, 1.54) is 0 Å². The average Bonchev–Trinajstić information content (AvgIpc) is 3.11. The van der Waals surface area contributed by atoms with Crippen molar-refractivity contribution in [1.82, 2.24) is 20.3 Å². The first-order chi connectivity index (χ1) is 12.3. The molecule has 3 aromatic heterocycles. The van der Waals surface area contributed by atoms with Crippen molar-refractivity contribution in [2.45, 2.75) is 18.8 Å². The highest BCUT2D eigenvalue weighted by Crippen LogP contribution is 2.31. The van der Waals surface area contributed by atoms with Crippen molar-refractivity contribution < 1.29 is 0 Å². The first kappa shape index (κ1) is 16.4. The van der Waals surface area contributed by atoms with Gasteiger partial charge in [0.25, 0.3) is 0 Å². The molecule has 0 bridgehead atoms. The summed E-state index contributed by atoms with van der Waals surface area (Å²) in [6.45, 7) is 2.13. The maximum Gasteiger partial charge on any atom is 0.188 e. The summed E-state index contributed by atoms with van der Waals surface area (Å²) in [4.78, 5) is 14.3. The van der Waals surface area contributed by atoms with E-state index in [-0.39, 0.29) is 0 Å². The van der Waals surface area contributed by atoms with Crippen LogP contribution < -0.4 is 10.6 Å². The molecule has 0 atom stereocenters. The van der Waals surface area contributed by atoms with Gasteiger partial charge in [0, 0.05) is 24.0 Å². The molecule has 2 N–H and O–H groups in total. The Bertz CT molecular complexity index is 860. The molecular weight excluding hydrogens is 354 g/mol. The van der Waals surface area contributed by atoms with Gasteiger partial charge in [-0.3, -0.25) is 0 Å². The van der Waals surface area contributed by atoms with Crippen molar-refractivity contribution in [2.75, 3.05) is 18.4 Å². The summed E-state index contributed by atoms with van der Waals surface area (Å²) in [5.74, 6) is 1.37. The third-order valence-electron chi connectivity index (χ3n) is 4.28. The molecule has 0 spiro atoms. The lowest BCUT2D eigenvalue weighted by Gasteiger charge is -2.22. The van der Waals surface area contributed by atoms with E-state index in [1.54, 1.807) is 17.5 Å². The number of pyridine rings is 2. The SMILES string of the molecule is Clc1cc(-c2cnc(Nc3cccc(C4CCNCC4)n3)s2)ccn1. The highest BCUT2D eigenvalue weighted by atomic mass is 35.5. The summed E-state index contributed by atoms with van der Waals surface area (Å²) in [5.41, 5.74) is 2.17. The molecule has 1 aliphatic rings. The number of nitrogens with one attached hydrogen (secondary N) is 2. The smallest absolute Gasteiger partial charge is 0.188 e. The molecule has 25 heavy (non-hydrogen) atoms. The van der Waals surface area contributed by atoms with Crippen molar-refractivity contribution in [1.29, 1.82) is 0 Å². The fourth-order valence-corrected chi connectivity index (χ4v) is 3.99. The molecule has 5 nitrogen and oxygen atoms in total. The first-order valence-electron chi connectivity index (χ1n) is 8.30. The quantitative estimate of drug-likeness (QED) is 0.663. The normalized spacial score (nSPS) is 15.2. The zero-order valence-corrected chi connectivity index (χ0v) is 15.1. The largest absolute Gasteiger partial charge is 0.317 e. The molecule has 0 radical (unpaired) electrons. The summed E-state index contributed by atoms with van der Waals surface area (Å²) >= 11 is 7.54. The van der Waals surface area contributed by atoms with Gasteiger partial charge in [0.1, 0.15) is 11.0 Å². The molecule has 3 aromatic rings. The number of aromatic nitrogens is 3. The number of anilines is 2. The van der Waals surface area contributed by atoms with Gasteiger partial charge >= 0.3 is 0 Å². The van der Waals surface area contributed by atoms with E-state index in [1.807, 2.05) is 24.4 Å². The highest BCUT2D eigenvalue weighted by molar-refractivity contribution is 7.18. The Balaban J connectivity index is 1.51. The van der Waals surface area contributed by atoms with Gasteiger partial charge in [-0.1, -0.05) is 29.0 Å². The highest BCUT2D eigenvalue weighted by Gasteiger charge is 2.16. The van der Waals surface area contributed by atoms with Crippen LogP contribution in [0.5, 0.6) is 0 Å². The number of rotatable bonds is 4. The van der Waals surface area contributed by atoms with Crippen LogP contribution in [0.25, 0.3) is 10.4 Å². The minimum absolute atomic E-state index is 0.483. The minimum atomic E-state index is 0.483. The molecule has 0 aromatic carbocycles. The lowest BCUT2D eigenvalue weighted by Crippen LogP contribution is -2.27. The molecule has 128 valence electrons. The van der Waals surface area contributed by atoms with Gasteiger partial charge in [-0.2, -0.15) is 0 Å². The Morgan fingerprint density at radius 3 is 2.88 bits per heavy atom. The Morgan fingerprint density at radius 1 is 1.16 bits per heavy atom. The Morgan fingerprint density at radius 2 is 2.04 bits per heavy atom. The zero-order valence-electron chi connectivity index (χ0n) is 13.6. The minimum Gasteiger partial charge on any atom is -0.317 e. The molecule has 1 saturated heterocycles. The van der Waals surface area contributed by atoms with Crippen LogP contribution in [-0.2, 0) is 0 Å². The van der Waals surface area contributed by atoms with E-state index in [2.05, 4.69) is 32.7 Å². The Kier molecular flexibility index (Phi) is 4.92. The van der Waals surface area contributed by atoms with Crippen molar-refractivity contribution in [3.63, 3.8) is 0 Å². The fourth-order valence-electron chi connectivity index (χ4n) is 3.00. The molecule has 1 fully saturated rings. The monoisotopic (exact) mass is 371 g/mol. The molecule has 7 heteroatoms. The van der Waals surface area contributed by atoms with Crippen molar-refractivity contribution in [3.05, 3.63) is 53.6 Å². The van der Waals surface area contributed by atoms with Gasteiger partial charge < -0.3 is 10.6 Å². The number of hydrogen-bond acceptors (Lipinski definition) is 6. The number of hydrogen-bond donors (Lipinski definition) is 2. The molecule has 4 rings (SSSR count). The van der Waals surface area contributed by atoms with Crippen LogP contribution >= 0.6 is 22.9 Å². The number of piperidine rings is 1. The van der Waals surface area contributed by atoms with Crippen LogP contribution in [0.4, 0.5) is 10.9 Å². The van der Waals surface area contributed by atoms with Crippen LogP contribution in [0.1, 0.15) is 24.5 Å². The average molecular weight is 372 g/mol. The van der Waals surface area contributed by atoms with Gasteiger partial charge in [0.2, 0.25) is 0 Å². The molecule has 0 amide bonds. The van der Waals surface area contributed by atoms with E-state index >= 15 is 0 Å². The Labute approximate surface area is 155 Å². The molecule has 0 unspecified atom stereocenters.